The fourth-order valence-electron chi connectivity index (χ4n) is 3.88. The highest BCUT2D eigenvalue weighted by molar-refractivity contribution is 6.33. The molecule has 1 saturated carbocycles. The van der Waals surface area contributed by atoms with Crippen molar-refractivity contribution in [3.63, 3.8) is 0 Å². The third kappa shape index (κ3) is 5.44. The van der Waals surface area contributed by atoms with E-state index >= 15 is 0 Å². The molecule has 3 atom stereocenters. The van der Waals surface area contributed by atoms with E-state index in [1.807, 2.05) is 0 Å². The molecule has 31 heavy (non-hydrogen) atoms. The van der Waals surface area contributed by atoms with Gasteiger partial charge in [0.1, 0.15) is 0 Å². The van der Waals surface area contributed by atoms with Gasteiger partial charge in [-0.25, -0.2) is 0 Å². The standard InChI is InChI=1S/C22H22Cl2F3NO3/c1-12(22(25,26)27)18(14-3-5-15(23)6-4-14)19(29)28-17-10-13(2-7-16(17)24)11-21(8-9-21)20(30)31/h2-3,5-7,10,12,14,18H,4,8-9,11H2,1H3,(H,28,29)(H,30,31)/t12-,14?,18+/m1/s1. The summed E-state index contributed by atoms with van der Waals surface area (Å²) in [6.45, 7) is 0.986. The predicted octanol–water partition coefficient (Wildman–Crippen LogP) is 6.20. The van der Waals surface area contributed by atoms with Gasteiger partial charge in [0.05, 0.1) is 28.0 Å². The number of aliphatic carboxylic acids is 1. The van der Waals surface area contributed by atoms with Gasteiger partial charge in [-0.05, 0) is 55.4 Å². The second kappa shape index (κ2) is 8.87. The van der Waals surface area contributed by atoms with Crippen LogP contribution in [0.3, 0.4) is 0 Å². The number of hydrogen-bond acceptors (Lipinski definition) is 2. The minimum atomic E-state index is -4.56. The summed E-state index contributed by atoms with van der Waals surface area (Å²) in [6, 6.07) is 4.70. The summed E-state index contributed by atoms with van der Waals surface area (Å²) >= 11 is 12.1. The minimum absolute atomic E-state index is 0.165. The zero-order chi connectivity index (χ0) is 23.0. The Kier molecular flexibility index (Phi) is 6.77. The topological polar surface area (TPSA) is 66.4 Å². The van der Waals surface area contributed by atoms with E-state index in [0.717, 1.165) is 6.92 Å². The summed E-state index contributed by atoms with van der Waals surface area (Å²) in [6.07, 6.45) is 1.63. The number of carbonyl (C=O) groups is 2. The Morgan fingerprint density at radius 2 is 1.97 bits per heavy atom. The molecule has 2 N–H and O–H groups in total. The molecule has 1 unspecified atom stereocenters. The van der Waals surface area contributed by atoms with Gasteiger partial charge in [0.25, 0.3) is 0 Å². The van der Waals surface area contributed by atoms with E-state index in [1.54, 1.807) is 12.1 Å². The van der Waals surface area contributed by atoms with Gasteiger partial charge < -0.3 is 10.4 Å². The zero-order valence-electron chi connectivity index (χ0n) is 16.7. The number of hydrogen-bond donors (Lipinski definition) is 2. The number of carboxylic acids is 1. The SMILES string of the molecule is C[C@H]([C@H](C(=O)Nc1cc(CC2(C(=O)O)CC2)ccc1Cl)C1C=CC(Cl)=CC1)C(F)(F)F. The molecule has 9 heteroatoms. The Morgan fingerprint density at radius 3 is 2.48 bits per heavy atom. The zero-order valence-corrected chi connectivity index (χ0v) is 18.2. The van der Waals surface area contributed by atoms with Crippen molar-refractivity contribution in [2.24, 2.45) is 23.2 Å². The first kappa shape index (κ1) is 23.7. The molecule has 0 aliphatic heterocycles. The number of benzene rings is 1. The van der Waals surface area contributed by atoms with Crippen LogP contribution in [0, 0.1) is 23.2 Å². The maximum Gasteiger partial charge on any atom is 0.392 e. The van der Waals surface area contributed by atoms with Gasteiger partial charge in [-0.3, -0.25) is 9.59 Å². The Labute approximate surface area is 188 Å². The first-order valence-electron chi connectivity index (χ1n) is 9.86. The highest BCUT2D eigenvalue weighted by Gasteiger charge is 2.50. The fourth-order valence-corrected chi connectivity index (χ4v) is 4.20. The van der Waals surface area contributed by atoms with Gasteiger partial charge in [0, 0.05) is 5.03 Å². The van der Waals surface area contributed by atoms with Crippen molar-refractivity contribution < 1.29 is 27.9 Å². The highest BCUT2D eigenvalue weighted by Crippen LogP contribution is 2.49. The van der Waals surface area contributed by atoms with E-state index < -0.39 is 41.2 Å². The van der Waals surface area contributed by atoms with E-state index in [-0.39, 0.29) is 23.6 Å². The molecular formula is C22H22Cl2F3NO3. The summed E-state index contributed by atoms with van der Waals surface area (Å²) < 4.78 is 40.5. The molecule has 0 saturated heterocycles. The Balaban J connectivity index is 1.83. The molecule has 0 radical (unpaired) electrons. The fraction of sp³-hybridized carbons (Fsp3) is 0.455. The molecule has 0 bridgehead atoms. The van der Waals surface area contributed by atoms with Crippen LogP contribution in [0.1, 0.15) is 31.7 Å². The van der Waals surface area contributed by atoms with Crippen LogP contribution in [-0.2, 0) is 16.0 Å². The van der Waals surface area contributed by atoms with Crippen molar-refractivity contribution in [2.75, 3.05) is 5.32 Å². The number of carboxylic acid groups (broad SMARTS) is 1. The lowest BCUT2D eigenvalue weighted by Gasteiger charge is -2.31. The molecule has 3 rings (SSSR count). The monoisotopic (exact) mass is 475 g/mol. The van der Waals surface area contributed by atoms with Crippen LogP contribution in [0.25, 0.3) is 0 Å². The van der Waals surface area contributed by atoms with E-state index in [1.165, 1.54) is 24.3 Å². The van der Waals surface area contributed by atoms with Crippen molar-refractivity contribution in [2.45, 2.75) is 38.8 Å². The normalized spacial score (nSPS) is 21.7. The Bertz CT molecular complexity index is 938. The second-order valence-corrected chi connectivity index (χ2v) is 9.11. The minimum Gasteiger partial charge on any atom is -0.481 e. The van der Waals surface area contributed by atoms with Crippen molar-refractivity contribution in [3.8, 4) is 0 Å². The molecule has 1 aromatic rings. The second-order valence-electron chi connectivity index (χ2n) is 8.27. The van der Waals surface area contributed by atoms with Gasteiger partial charge in [-0.1, -0.05) is 48.3 Å². The van der Waals surface area contributed by atoms with Crippen molar-refractivity contribution >= 4 is 40.8 Å². The van der Waals surface area contributed by atoms with E-state index in [4.69, 9.17) is 23.2 Å². The number of nitrogens with one attached hydrogen (secondary N) is 1. The van der Waals surface area contributed by atoms with E-state index in [2.05, 4.69) is 5.32 Å². The molecule has 0 heterocycles. The van der Waals surface area contributed by atoms with Gasteiger partial charge in [0.15, 0.2) is 0 Å². The summed E-state index contributed by atoms with van der Waals surface area (Å²) in [4.78, 5) is 24.5. The van der Waals surface area contributed by atoms with E-state index in [9.17, 15) is 27.9 Å². The van der Waals surface area contributed by atoms with Crippen LogP contribution in [0.4, 0.5) is 18.9 Å². The molecule has 1 aromatic carbocycles. The van der Waals surface area contributed by atoms with Crippen LogP contribution >= 0.6 is 23.2 Å². The lowest BCUT2D eigenvalue weighted by molar-refractivity contribution is -0.188. The lowest BCUT2D eigenvalue weighted by Crippen LogP contribution is -2.40. The summed E-state index contributed by atoms with van der Waals surface area (Å²) in [7, 11) is 0. The number of allylic oxidation sites excluding steroid dienone is 4. The number of alkyl halides is 3. The average molecular weight is 476 g/mol. The van der Waals surface area contributed by atoms with Crippen molar-refractivity contribution in [1.29, 1.82) is 0 Å². The van der Waals surface area contributed by atoms with Gasteiger partial charge >= 0.3 is 12.1 Å². The average Bonchev–Trinajstić information content (AvgIpc) is 3.46. The van der Waals surface area contributed by atoms with Crippen LogP contribution in [0.5, 0.6) is 0 Å². The molecule has 2 aliphatic carbocycles. The smallest absolute Gasteiger partial charge is 0.392 e. The summed E-state index contributed by atoms with van der Waals surface area (Å²) in [5.74, 6) is -5.64. The molecule has 1 amide bonds. The highest BCUT2D eigenvalue weighted by atomic mass is 35.5. The Morgan fingerprint density at radius 1 is 1.29 bits per heavy atom. The molecule has 168 valence electrons. The van der Waals surface area contributed by atoms with Crippen LogP contribution in [0.15, 0.2) is 41.5 Å². The van der Waals surface area contributed by atoms with E-state index in [0.29, 0.717) is 23.4 Å². The maximum absolute atomic E-state index is 13.5. The largest absolute Gasteiger partial charge is 0.481 e. The Hall–Kier alpha value is -1.99. The predicted molar refractivity (Wildman–Crippen MR) is 113 cm³/mol. The first-order chi connectivity index (χ1) is 14.4. The van der Waals surface area contributed by atoms with Crippen LogP contribution in [-0.4, -0.2) is 23.2 Å². The molecule has 1 fully saturated rings. The van der Waals surface area contributed by atoms with Gasteiger partial charge in [0.2, 0.25) is 5.91 Å². The molecule has 0 spiro atoms. The van der Waals surface area contributed by atoms with Gasteiger partial charge in [-0.2, -0.15) is 13.2 Å². The van der Waals surface area contributed by atoms with Gasteiger partial charge in [-0.15, -0.1) is 0 Å². The first-order valence-corrected chi connectivity index (χ1v) is 10.6. The summed E-state index contributed by atoms with van der Waals surface area (Å²) in [5.41, 5.74) is -0.00797. The number of amides is 1. The van der Waals surface area contributed by atoms with Crippen molar-refractivity contribution in [1.82, 2.24) is 0 Å². The number of rotatable bonds is 7. The van der Waals surface area contributed by atoms with Crippen LogP contribution in [0.2, 0.25) is 5.02 Å². The maximum atomic E-state index is 13.5. The van der Waals surface area contributed by atoms with Crippen LogP contribution < -0.4 is 5.32 Å². The number of carbonyl (C=O) groups excluding carboxylic acids is 1. The third-order valence-corrected chi connectivity index (χ3v) is 6.65. The number of anilines is 1. The molecule has 4 nitrogen and oxygen atoms in total. The third-order valence-electron chi connectivity index (χ3n) is 6.05. The molecule has 2 aliphatic rings. The molecule has 0 aromatic heterocycles. The summed E-state index contributed by atoms with van der Waals surface area (Å²) in [5, 5.41) is 12.5. The number of halogens is 5. The molecular weight excluding hydrogens is 454 g/mol. The lowest BCUT2D eigenvalue weighted by atomic mass is 9.78. The quantitative estimate of drug-likeness (QED) is 0.493. The van der Waals surface area contributed by atoms with Crippen molar-refractivity contribution in [3.05, 3.63) is 52.0 Å².